The maximum atomic E-state index is 11.6. The number of hydrogen-bond donors (Lipinski definition) is 2. The average Bonchev–Trinajstić information content (AvgIpc) is 2.83. The highest BCUT2D eigenvalue weighted by atomic mass is 16.1. The van der Waals surface area contributed by atoms with Crippen LogP contribution in [0.3, 0.4) is 0 Å². The van der Waals surface area contributed by atoms with Crippen LogP contribution in [0.2, 0.25) is 0 Å². The summed E-state index contributed by atoms with van der Waals surface area (Å²) >= 11 is 0. The molecule has 0 saturated carbocycles. The summed E-state index contributed by atoms with van der Waals surface area (Å²) in [6.07, 6.45) is 6.19. The zero-order chi connectivity index (χ0) is 11.9. The molecule has 1 aromatic rings. The predicted octanol–water partition coefficient (Wildman–Crippen LogP) is 0.740. The van der Waals surface area contributed by atoms with E-state index in [4.69, 9.17) is 0 Å². The van der Waals surface area contributed by atoms with Gasteiger partial charge in [-0.2, -0.15) is 0 Å². The molecule has 1 saturated heterocycles. The van der Waals surface area contributed by atoms with E-state index in [0.29, 0.717) is 6.42 Å². The molecule has 0 bridgehead atoms. The highest BCUT2D eigenvalue weighted by molar-refractivity contribution is 5.78. The maximum Gasteiger partial charge on any atom is 0.224 e. The van der Waals surface area contributed by atoms with E-state index in [1.54, 1.807) is 12.4 Å². The Labute approximate surface area is 102 Å². The number of aromatic nitrogens is 1. The first-order valence-electron chi connectivity index (χ1n) is 6.21. The minimum atomic E-state index is 0.0870. The van der Waals surface area contributed by atoms with Crippen molar-refractivity contribution in [2.75, 3.05) is 19.6 Å². The van der Waals surface area contributed by atoms with Crippen molar-refractivity contribution in [1.29, 1.82) is 0 Å². The van der Waals surface area contributed by atoms with Crippen molar-refractivity contribution in [3.8, 4) is 0 Å². The number of pyridine rings is 1. The molecule has 1 aliphatic rings. The van der Waals surface area contributed by atoms with Gasteiger partial charge in [0.2, 0.25) is 5.91 Å². The van der Waals surface area contributed by atoms with Gasteiger partial charge in [-0.1, -0.05) is 6.07 Å². The van der Waals surface area contributed by atoms with Crippen molar-refractivity contribution in [1.82, 2.24) is 15.6 Å². The standard InChI is InChI=1S/C13H19N3O/c17-13(8-12-2-1-5-14-10-12)16-7-4-11-3-6-15-9-11/h1-2,5,10-11,15H,3-4,6-9H2,(H,16,17). The maximum absolute atomic E-state index is 11.6. The third-order valence-corrected chi connectivity index (χ3v) is 3.12. The Morgan fingerprint density at radius 3 is 3.24 bits per heavy atom. The van der Waals surface area contributed by atoms with Crippen LogP contribution in [0.15, 0.2) is 24.5 Å². The second kappa shape index (κ2) is 6.35. The molecule has 2 N–H and O–H groups in total. The molecule has 4 nitrogen and oxygen atoms in total. The number of carbonyl (C=O) groups is 1. The number of rotatable bonds is 5. The Morgan fingerprint density at radius 2 is 2.53 bits per heavy atom. The lowest BCUT2D eigenvalue weighted by Gasteiger charge is -2.09. The topological polar surface area (TPSA) is 54.0 Å². The van der Waals surface area contributed by atoms with E-state index in [9.17, 15) is 4.79 Å². The number of amides is 1. The Kier molecular flexibility index (Phi) is 4.50. The molecule has 0 aromatic carbocycles. The van der Waals surface area contributed by atoms with Crippen LogP contribution < -0.4 is 10.6 Å². The first kappa shape index (κ1) is 12.0. The Bertz CT molecular complexity index is 347. The molecule has 1 amide bonds. The monoisotopic (exact) mass is 233 g/mol. The molecular weight excluding hydrogens is 214 g/mol. The van der Waals surface area contributed by atoms with Crippen LogP contribution in [0.1, 0.15) is 18.4 Å². The Balaban J connectivity index is 1.64. The van der Waals surface area contributed by atoms with E-state index < -0.39 is 0 Å². The summed E-state index contributed by atoms with van der Waals surface area (Å²) < 4.78 is 0. The van der Waals surface area contributed by atoms with Gasteiger partial charge in [0, 0.05) is 18.9 Å². The van der Waals surface area contributed by atoms with Crippen LogP contribution in [0.25, 0.3) is 0 Å². The van der Waals surface area contributed by atoms with E-state index in [-0.39, 0.29) is 5.91 Å². The number of nitrogens with one attached hydrogen (secondary N) is 2. The van der Waals surface area contributed by atoms with Gasteiger partial charge in [0.1, 0.15) is 0 Å². The van der Waals surface area contributed by atoms with Crippen molar-refractivity contribution in [2.24, 2.45) is 5.92 Å². The van der Waals surface area contributed by atoms with Gasteiger partial charge >= 0.3 is 0 Å². The molecule has 0 aliphatic carbocycles. The van der Waals surface area contributed by atoms with Gasteiger partial charge in [0.25, 0.3) is 0 Å². The summed E-state index contributed by atoms with van der Waals surface area (Å²) in [7, 11) is 0. The van der Waals surface area contributed by atoms with Crippen LogP contribution in [0.4, 0.5) is 0 Å². The van der Waals surface area contributed by atoms with E-state index in [1.807, 2.05) is 12.1 Å². The fraction of sp³-hybridized carbons (Fsp3) is 0.538. The number of carbonyl (C=O) groups excluding carboxylic acids is 1. The molecule has 1 aromatic heterocycles. The van der Waals surface area contributed by atoms with Crippen molar-refractivity contribution >= 4 is 5.91 Å². The van der Waals surface area contributed by atoms with Gasteiger partial charge in [0.15, 0.2) is 0 Å². The lowest BCUT2D eigenvalue weighted by molar-refractivity contribution is -0.120. The van der Waals surface area contributed by atoms with Crippen molar-refractivity contribution in [3.05, 3.63) is 30.1 Å². The van der Waals surface area contributed by atoms with Crippen LogP contribution >= 0.6 is 0 Å². The largest absolute Gasteiger partial charge is 0.356 e. The zero-order valence-electron chi connectivity index (χ0n) is 9.98. The van der Waals surface area contributed by atoms with E-state index in [2.05, 4.69) is 15.6 Å². The summed E-state index contributed by atoms with van der Waals surface area (Å²) in [5.41, 5.74) is 0.965. The van der Waals surface area contributed by atoms with Gasteiger partial charge < -0.3 is 10.6 Å². The molecule has 1 fully saturated rings. The van der Waals surface area contributed by atoms with Gasteiger partial charge in [-0.05, 0) is 43.5 Å². The second-order valence-electron chi connectivity index (χ2n) is 4.54. The third kappa shape index (κ3) is 4.15. The minimum Gasteiger partial charge on any atom is -0.356 e. The lowest BCUT2D eigenvalue weighted by atomic mass is 10.1. The molecule has 4 heteroatoms. The summed E-state index contributed by atoms with van der Waals surface area (Å²) in [5, 5.41) is 6.29. The molecule has 1 aliphatic heterocycles. The van der Waals surface area contributed by atoms with Crippen LogP contribution in [0.5, 0.6) is 0 Å². The van der Waals surface area contributed by atoms with E-state index >= 15 is 0 Å². The van der Waals surface area contributed by atoms with Gasteiger partial charge in [-0.25, -0.2) is 0 Å². The number of nitrogens with zero attached hydrogens (tertiary/aromatic N) is 1. The number of hydrogen-bond acceptors (Lipinski definition) is 3. The Hall–Kier alpha value is -1.42. The zero-order valence-corrected chi connectivity index (χ0v) is 9.98. The first-order chi connectivity index (χ1) is 8.34. The second-order valence-corrected chi connectivity index (χ2v) is 4.54. The van der Waals surface area contributed by atoms with Gasteiger partial charge in [-0.3, -0.25) is 9.78 Å². The van der Waals surface area contributed by atoms with E-state index in [0.717, 1.165) is 37.5 Å². The van der Waals surface area contributed by atoms with Crippen LogP contribution in [-0.2, 0) is 11.2 Å². The molecule has 17 heavy (non-hydrogen) atoms. The minimum absolute atomic E-state index is 0.0870. The van der Waals surface area contributed by atoms with Gasteiger partial charge in [-0.15, -0.1) is 0 Å². The van der Waals surface area contributed by atoms with Crippen molar-refractivity contribution in [3.63, 3.8) is 0 Å². The molecule has 1 unspecified atom stereocenters. The Morgan fingerprint density at radius 1 is 1.59 bits per heavy atom. The normalized spacial score (nSPS) is 19.2. The summed E-state index contributed by atoms with van der Waals surface area (Å²) in [6, 6.07) is 3.78. The molecular formula is C13H19N3O. The fourth-order valence-corrected chi connectivity index (χ4v) is 2.13. The predicted molar refractivity (Wildman–Crippen MR) is 66.5 cm³/mol. The smallest absolute Gasteiger partial charge is 0.224 e. The molecule has 0 spiro atoms. The highest BCUT2D eigenvalue weighted by Crippen LogP contribution is 2.10. The van der Waals surface area contributed by atoms with Crippen LogP contribution in [-0.4, -0.2) is 30.5 Å². The molecule has 2 rings (SSSR count). The quantitative estimate of drug-likeness (QED) is 0.788. The lowest BCUT2D eigenvalue weighted by Crippen LogP contribution is -2.27. The summed E-state index contributed by atoms with van der Waals surface area (Å²) in [6.45, 7) is 3.00. The third-order valence-electron chi connectivity index (χ3n) is 3.12. The van der Waals surface area contributed by atoms with Crippen molar-refractivity contribution < 1.29 is 4.79 Å². The SMILES string of the molecule is O=C(Cc1cccnc1)NCCC1CCNC1. The molecule has 1 atom stereocenters. The molecule has 0 radical (unpaired) electrons. The average molecular weight is 233 g/mol. The summed E-state index contributed by atoms with van der Waals surface area (Å²) in [4.78, 5) is 15.6. The molecule has 92 valence electrons. The highest BCUT2D eigenvalue weighted by Gasteiger charge is 2.14. The first-order valence-corrected chi connectivity index (χ1v) is 6.21. The summed E-state index contributed by atoms with van der Waals surface area (Å²) in [5.74, 6) is 0.817. The van der Waals surface area contributed by atoms with Gasteiger partial charge in [0.05, 0.1) is 6.42 Å². The fourth-order valence-electron chi connectivity index (χ4n) is 2.13. The molecule has 2 heterocycles. The van der Waals surface area contributed by atoms with Crippen molar-refractivity contribution in [2.45, 2.75) is 19.3 Å². The van der Waals surface area contributed by atoms with E-state index in [1.165, 1.54) is 6.42 Å². The van der Waals surface area contributed by atoms with Crippen LogP contribution in [0, 0.1) is 5.92 Å².